The third-order valence-electron chi connectivity index (χ3n) is 13.1. The summed E-state index contributed by atoms with van der Waals surface area (Å²) in [6.07, 6.45) is 6.15. The van der Waals surface area contributed by atoms with Crippen LogP contribution in [0.5, 0.6) is 0 Å². The Bertz CT molecular complexity index is 1050. The minimum atomic E-state index is -1.26. The minimum Gasteiger partial charge on any atom is -0.462 e. The molecule has 7 heteroatoms. The monoisotopic (exact) mass is 576 g/mol. The zero-order valence-electron chi connectivity index (χ0n) is 26.9. The van der Waals surface area contributed by atoms with Gasteiger partial charge in [-0.05, 0) is 94.3 Å². The standard InChI is InChI=1S/C34H56O7/c1-10-39-29-20(17-22(41-29)28(37)31(5,6)38)21-11-12-23-32(21,7)15-13-24-33(8)16-14-27(40-19(2)35)30(3,4)25(33)18-26(36)34(23,24)9/h12,20-22,24-29,36-38H,10-11,13-18H2,1-9H3/t20?,21-,22+,24?,25-,26+,27+,28-,29+,32-,33+,34-/m0/s1. The lowest BCUT2D eigenvalue weighted by Crippen LogP contribution is -2.65. The fourth-order valence-electron chi connectivity index (χ4n) is 11.1. The summed E-state index contributed by atoms with van der Waals surface area (Å²) in [5.41, 5.74) is -0.454. The fraction of sp³-hybridized carbons (Fsp3) is 0.912. The van der Waals surface area contributed by atoms with Gasteiger partial charge in [0, 0.05) is 30.3 Å². The van der Waals surface area contributed by atoms with Crippen molar-refractivity contribution >= 4 is 5.97 Å². The van der Waals surface area contributed by atoms with E-state index in [-0.39, 0.29) is 51.5 Å². The van der Waals surface area contributed by atoms with Crippen molar-refractivity contribution in [1.29, 1.82) is 0 Å². The van der Waals surface area contributed by atoms with Crippen LogP contribution in [0.3, 0.4) is 0 Å². The Morgan fingerprint density at radius 3 is 2.41 bits per heavy atom. The Labute approximate surface area is 247 Å². The van der Waals surface area contributed by atoms with Crippen LogP contribution in [0.2, 0.25) is 0 Å². The Morgan fingerprint density at radius 1 is 1.12 bits per heavy atom. The molecule has 5 aliphatic rings. The molecule has 0 aromatic carbocycles. The number of fused-ring (bicyclic) bond motifs is 5. The lowest BCUT2D eigenvalue weighted by molar-refractivity contribution is -0.221. The van der Waals surface area contributed by atoms with Gasteiger partial charge >= 0.3 is 5.97 Å². The van der Waals surface area contributed by atoms with E-state index in [2.05, 4.69) is 40.7 Å². The van der Waals surface area contributed by atoms with Gasteiger partial charge in [-0.3, -0.25) is 4.79 Å². The van der Waals surface area contributed by atoms with Gasteiger partial charge in [0.1, 0.15) is 12.2 Å². The third-order valence-corrected chi connectivity index (χ3v) is 13.1. The van der Waals surface area contributed by atoms with E-state index in [1.165, 1.54) is 12.5 Å². The van der Waals surface area contributed by atoms with Crippen molar-refractivity contribution in [2.75, 3.05) is 6.61 Å². The highest BCUT2D eigenvalue weighted by Gasteiger charge is 2.69. The number of hydrogen-bond acceptors (Lipinski definition) is 7. The van der Waals surface area contributed by atoms with Crippen LogP contribution in [-0.2, 0) is 19.0 Å². The second kappa shape index (κ2) is 10.3. The lowest BCUT2D eigenvalue weighted by Gasteiger charge is -2.68. The summed E-state index contributed by atoms with van der Waals surface area (Å²) in [4.78, 5) is 11.9. The van der Waals surface area contributed by atoms with Crippen molar-refractivity contribution < 1.29 is 34.3 Å². The molecule has 1 saturated heterocycles. The molecule has 41 heavy (non-hydrogen) atoms. The van der Waals surface area contributed by atoms with Crippen molar-refractivity contribution in [1.82, 2.24) is 0 Å². The van der Waals surface area contributed by atoms with Crippen LogP contribution >= 0.6 is 0 Å². The molecular weight excluding hydrogens is 520 g/mol. The summed E-state index contributed by atoms with van der Waals surface area (Å²) < 4.78 is 18.3. The zero-order chi connectivity index (χ0) is 30.3. The molecule has 234 valence electrons. The first-order valence-electron chi connectivity index (χ1n) is 16.2. The molecule has 0 amide bonds. The minimum absolute atomic E-state index is 0.0423. The second-order valence-corrected chi connectivity index (χ2v) is 16.0. The van der Waals surface area contributed by atoms with Gasteiger partial charge in [-0.1, -0.05) is 46.3 Å². The number of carbonyl (C=O) groups is 1. The first kappa shape index (κ1) is 31.4. The van der Waals surface area contributed by atoms with Crippen LogP contribution in [0.1, 0.15) is 107 Å². The van der Waals surface area contributed by atoms with Crippen LogP contribution < -0.4 is 0 Å². The number of rotatable bonds is 6. The highest BCUT2D eigenvalue weighted by molar-refractivity contribution is 5.66. The van der Waals surface area contributed by atoms with Crippen LogP contribution in [0.4, 0.5) is 0 Å². The van der Waals surface area contributed by atoms with Gasteiger partial charge < -0.3 is 29.5 Å². The molecule has 7 nitrogen and oxygen atoms in total. The highest BCUT2D eigenvalue weighted by Crippen LogP contribution is 2.73. The molecule has 1 heterocycles. The molecule has 4 aliphatic carbocycles. The maximum atomic E-state index is 12.1. The van der Waals surface area contributed by atoms with Gasteiger partial charge in [-0.25, -0.2) is 0 Å². The van der Waals surface area contributed by atoms with Gasteiger partial charge in [0.2, 0.25) is 0 Å². The summed E-state index contributed by atoms with van der Waals surface area (Å²) >= 11 is 0. The number of aliphatic hydroxyl groups excluding tert-OH is 2. The highest BCUT2D eigenvalue weighted by atomic mass is 16.7. The van der Waals surface area contributed by atoms with Gasteiger partial charge in [0.15, 0.2) is 6.29 Å². The summed E-state index contributed by atoms with van der Waals surface area (Å²) in [6, 6.07) is 0. The largest absolute Gasteiger partial charge is 0.462 e. The van der Waals surface area contributed by atoms with Crippen molar-refractivity contribution in [3.8, 4) is 0 Å². The summed E-state index contributed by atoms with van der Waals surface area (Å²) in [7, 11) is 0. The van der Waals surface area contributed by atoms with Crippen molar-refractivity contribution in [3.63, 3.8) is 0 Å². The average molecular weight is 577 g/mol. The van der Waals surface area contributed by atoms with E-state index in [0.717, 1.165) is 32.1 Å². The van der Waals surface area contributed by atoms with Gasteiger partial charge in [0.05, 0.1) is 17.8 Å². The zero-order valence-corrected chi connectivity index (χ0v) is 26.9. The summed E-state index contributed by atoms with van der Waals surface area (Å²) in [5.74, 6) is 0.754. The molecule has 0 bridgehead atoms. The van der Waals surface area contributed by atoms with E-state index in [0.29, 0.717) is 25.4 Å². The number of ether oxygens (including phenoxy) is 3. The molecule has 4 fully saturated rings. The SMILES string of the molecule is CCO[C@@H]1O[C@@H]([C@H](O)C(C)(C)O)CC1[C@@H]1CC=C2[C@@]3(C)C(CC[C@]21C)[C@@]1(C)CC[C@@H](OC(C)=O)C(C)(C)[C@@H]1C[C@H]3O. The maximum Gasteiger partial charge on any atom is 0.302 e. The molecule has 3 saturated carbocycles. The molecule has 3 N–H and O–H groups in total. The topological polar surface area (TPSA) is 105 Å². The van der Waals surface area contributed by atoms with Gasteiger partial charge in [-0.2, -0.15) is 0 Å². The predicted molar refractivity (Wildman–Crippen MR) is 157 cm³/mol. The summed E-state index contributed by atoms with van der Waals surface area (Å²) in [6.45, 7) is 18.9. The summed E-state index contributed by atoms with van der Waals surface area (Å²) in [5, 5.41) is 33.5. The van der Waals surface area contributed by atoms with Crippen LogP contribution in [0.25, 0.3) is 0 Å². The third kappa shape index (κ3) is 4.67. The molecule has 0 aromatic heterocycles. The number of allylic oxidation sites excluding steroid dienone is 1. The molecule has 12 atom stereocenters. The molecule has 5 rings (SSSR count). The molecule has 0 radical (unpaired) electrons. The lowest BCUT2D eigenvalue weighted by atomic mass is 9.37. The molecule has 1 aliphatic heterocycles. The van der Waals surface area contributed by atoms with Crippen LogP contribution in [0.15, 0.2) is 11.6 Å². The second-order valence-electron chi connectivity index (χ2n) is 16.0. The van der Waals surface area contributed by atoms with Crippen LogP contribution in [0, 0.1) is 45.3 Å². The first-order chi connectivity index (χ1) is 18.9. The predicted octanol–water partition coefficient (Wildman–Crippen LogP) is 5.39. The number of carbonyl (C=O) groups excluding carboxylic acids is 1. The van der Waals surface area contributed by atoms with Crippen molar-refractivity contribution in [2.24, 2.45) is 45.3 Å². The Kier molecular flexibility index (Phi) is 7.89. The van der Waals surface area contributed by atoms with E-state index in [1.54, 1.807) is 13.8 Å². The smallest absolute Gasteiger partial charge is 0.302 e. The van der Waals surface area contributed by atoms with E-state index < -0.39 is 30.2 Å². The van der Waals surface area contributed by atoms with Crippen molar-refractivity contribution in [2.45, 2.75) is 144 Å². The van der Waals surface area contributed by atoms with Gasteiger partial charge in [0.25, 0.3) is 0 Å². The quantitative estimate of drug-likeness (QED) is 0.287. The Morgan fingerprint density at radius 2 is 1.80 bits per heavy atom. The fourth-order valence-corrected chi connectivity index (χ4v) is 11.1. The Balaban J connectivity index is 1.44. The number of esters is 1. The molecular formula is C34H56O7. The van der Waals surface area contributed by atoms with E-state index in [9.17, 15) is 20.1 Å². The first-order valence-corrected chi connectivity index (χ1v) is 16.2. The van der Waals surface area contributed by atoms with Crippen molar-refractivity contribution in [3.05, 3.63) is 11.6 Å². The Hall–Kier alpha value is -0.990. The maximum absolute atomic E-state index is 12.1. The number of aliphatic hydroxyl groups is 3. The van der Waals surface area contributed by atoms with Crippen LogP contribution in [-0.4, -0.2) is 64.2 Å². The molecule has 0 spiro atoms. The van der Waals surface area contributed by atoms with E-state index in [4.69, 9.17) is 14.2 Å². The van der Waals surface area contributed by atoms with E-state index >= 15 is 0 Å². The number of hydrogen-bond donors (Lipinski definition) is 3. The molecule has 2 unspecified atom stereocenters. The normalized spacial score (nSPS) is 48.0. The van der Waals surface area contributed by atoms with E-state index in [1.807, 2.05) is 6.92 Å². The van der Waals surface area contributed by atoms with Gasteiger partial charge in [-0.15, -0.1) is 0 Å². The molecule has 0 aromatic rings. The average Bonchev–Trinajstić information content (AvgIpc) is 3.43.